The number of hydrogen-bond acceptors (Lipinski definition) is 4. The molecule has 0 aromatic rings. The Morgan fingerprint density at radius 2 is 1.38 bits per heavy atom. The fraction of sp³-hybridized carbons (Fsp3) is 0.913. The number of fused-ring (bicyclic) bond motifs is 5. The first-order chi connectivity index (χ1) is 24.2. The third kappa shape index (κ3) is 11.6. The highest BCUT2D eigenvalue weighted by Crippen LogP contribution is 2.68. The number of unbranched alkanes of at least 4 members (excludes halogenated alkanes) is 13. The van der Waals surface area contributed by atoms with Gasteiger partial charge in [0, 0.05) is 12.8 Å². The molecule has 4 saturated carbocycles. The number of hydrogen-bond donors (Lipinski definition) is 0. The largest absolute Gasteiger partial charge is 0.466 e. The van der Waals surface area contributed by atoms with Crippen LogP contribution in [0, 0.1) is 46.3 Å². The van der Waals surface area contributed by atoms with Crippen molar-refractivity contribution in [1.29, 1.82) is 0 Å². The van der Waals surface area contributed by atoms with Crippen molar-refractivity contribution in [1.82, 2.24) is 0 Å². The predicted octanol–water partition coefficient (Wildman–Crippen LogP) is 13.4. The van der Waals surface area contributed by atoms with E-state index in [2.05, 4.69) is 46.8 Å². The second-order valence-electron chi connectivity index (χ2n) is 18.2. The van der Waals surface area contributed by atoms with Crippen LogP contribution in [-0.4, -0.2) is 24.6 Å². The van der Waals surface area contributed by atoms with Gasteiger partial charge in [0.25, 0.3) is 0 Å². The van der Waals surface area contributed by atoms with Crippen molar-refractivity contribution in [3.05, 3.63) is 12.2 Å². The summed E-state index contributed by atoms with van der Waals surface area (Å²) in [6.45, 7) is 12.7. The van der Waals surface area contributed by atoms with E-state index >= 15 is 0 Å². The standard InChI is InChI=1S/C46H80O4/c1-6-8-10-12-14-15-16-18-20-22-34-49-43(47)29-24-36(3)40-27-28-41-39-26-25-37-35-38(50-44(48)23-21-19-17-13-11-9-7-2)30-32-45(37,4)42(39)31-33-46(40,41)5/h6,8,36-42H,7,9-35H2,1-5H3/b8-6+/t36-,37-,38+,39+,40?,41-,42?,45?,46?/m0/s1. The molecule has 0 spiro atoms. The molecule has 0 amide bonds. The Balaban J connectivity index is 1.13. The summed E-state index contributed by atoms with van der Waals surface area (Å²) in [5.41, 5.74) is 0.828. The number of rotatable bonds is 23. The molecule has 0 aromatic carbocycles. The summed E-state index contributed by atoms with van der Waals surface area (Å²) in [5.74, 6) is 4.62. The van der Waals surface area contributed by atoms with Gasteiger partial charge < -0.3 is 9.47 Å². The van der Waals surface area contributed by atoms with E-state index in [1.54, 1.807) is 0 Å². The quantitative estimate of drug-likeness (QED) is 0.0606. The lowest BCUT2D eigenvalue weighted by molar-refractivity contribution is -0.162. The van der Waals surface area contributed by atoms with Crippen molar-refractivity contribution in [3.63, 3.8) is 0 Å². The average molecular weight is 697 g/mol. The number of carbonyl (C=O) groups is 2. The molecule has 0 radical (unpaired) electrons. The first kappa shape index (κ1) is 41.4. The maximum absolute atomic E-state index is 12.7. The first-order valence-corrected chi connectivity index (χ1v) is 22.2. The SMILES string of the molecule is C/C=C/CCCCCCCCCOC(=O)CC[C@H](C)C1CC[C@H]2[C@H]3CC[C@H]4C[C@H](OC(=O)CCCCCCCCC)CCC4(C)C3CCC12C. The summed E-state index contributed by atoms with van der Waals surface area (Å²) in [7, 11) is 0. The molecule has 0 aromatic heterocycles. The summed E-state index contributed by atoms with van der Waals surface area (Å²) in [4.78, 5) is 25.4. The lowest BCUT2D eigenvalue weighted by atomic mass is 9.44. The maximum atomic E-state index is 12.7. The van der Waals surface area contributed by atoms with Gasteiger partial charge >= 0.3 is 11.9 Å². The summed E-state index contributed by atoms with van der Waals surface area (Å²) < 4.78 is 11.8. The van der Waals surface area contributed by atoms with Crippen LogP contribution in [-0.2, 0) is 19.1 Å². The van der Waals surface area contributed by atoms with Gasteiger partial charge in [-0.3, -0.25) is 9.59 Å². The topological polar surface area (TPSA) is 52.6 Å². The number of carbonyl (C=O) groups excluding carboxylic acids is 2. The molecule has 0 bridgehead atoms. The second-order valence-corrected chi connectivity index (χ2v) is 18.2. The van der Waals surface area contributed by atoms with E-state index in [4.69, 9.17) is 9.47 Å². The Morgan fingerprint density at radius 3 is 2.12 bits per heavy atom. The van der Waals surface area contributed by atoms with Crippen LogP contribution < -0.4 is 0 Å². The highest BCUT2D eigenvalue weighted by molar-refractivity contribution is 5.69. The molecule has 0 saturated heterocycles. The van der Waals surface area contributed by atoms with Gasteiger partial charge in [0.15, 0.2) is 0 Å². The fourth-order valence-electron chi connectivity index (χ4n) is 12.0. The van der Waals surface area contributed by atoms with Crippen molar-refractivity contribution in [2.75, 3.05) is 6.61 Å². The van der Waals surface area contributed by atoms with Gasteiger partial charge in [-0.05, 0) is 143 Å². The van der Waals surface area contributed by atoms with Gasteiger partial charge in [0.2, 0.25) is 0 Å². The average Bonchev–Trinajstić information content (AvgIpc) is 3.46. The Labute approximate surface area is 309 Å². The molecule has 4 aliphatic rings. The summed E-state index contributed by atoms with van der Waals surface area (Å²) in [6.07, 6.45) is 36.9. The van der Waals surface area contributed by atoms with E-state index in [1.165, 1.54) is 122 Å². The van der Waals surface area contributed by atoms with Gasteiger partial charge in [-0.25, -0.2) is 0 Å². The Kier molecular flexibility index (Phi) is 17.7. The van der Waals surface area contributed by atoms with Gasteiger partial charge in [-0.15, -0.1) is 0 Å². The molecule has 4 unspecified atom stereocenters. The molecule has 4 rings (SSSR count). The van der Waals surface area contributed by atoms with Crippen molar-refractivity contribution in [2.45, 2.75) is 214 Å². The van der Waals surface area contributed by atoms with Crippen LogP contribution in [0.3, 0.4) is 0 Å². The molecule has 0 heterocycles. The van der Waals surface area contributed by atoms with Gasteiger partial charge in [0.05, 0.1) is 6.61 Å². The molecular weight excluding hydrogens is 617 g/mol. The zero-order chi connectivity index (χ0) is 35.8. The molecule has 9 atom stereocenters. The molecule has 0 aliphatic heterocycles. The molecule has 4 fully saturated rings. The van der Waals surface area contributed by atoms with Crippen molar-refractivity contribution in [3.8, 4) is 0 Å². The van der Waals surface area contributed by atoms with Gasteiger partial charge in [-0.1, -0.05) is 110 Å². The third-order valence-electron chi connectivity index (χ3n) is 15.0. The van der Waals surface area contributed by atoms with Gasteiger partial charge in [-0.2, -0.15) is 0 Å². The first-order valence-electron chi connectivity index (χ1n) is 22.2. The monoisotopic (exact) mass is 697 g/mol. The van der Waals surface area contributed by atoms with Gasteiger partial charge in [0.1, 0.15) is 6.10 Å². The lowest BCUT2D eigenvalue weighted by Crippen LogP contribution is -2.54. The summed E-state index contributed by atoms with van der Waals surface area (Å²) in [5, 5.41) is 0. The van der Waals surface area contributed by atoms with E-state index in [0.717, 1.165) is 62.2 Å². The number of allylic oxidation sites excluding steroid dienone is 2. The van der Waals surface area contributed by atoms with Crippen LogP contribution >= 0.6 is 0 Å². The highest BCUT2D eigenvalue weighted by atomic mass is 16.5. The molecular formula is C46H80O4. The molecule has 288 valence electrons. The fourth-order valence-corrected chi connectivity index (χ4v) is 12.0. The van der Waals surface area contributed by atoms with E-state index < -0.39 is 0 Å². The Morgan fingerprint density at radius 1 is 0.720 bits per heavy atom. The molecule has 4 heteroatoms. The third-order valence-corrected chi connectivity index (χ3v) is 15.0. The van der Waals surface area contributed by atoms with Crippen molar-refractivity contribution >= 4 is 11.9 Å². The van der Waals surface area contributed by atoms with Crippen LogP contribution in [0.5, 0.6) is 0 Å². The molecule has 0 N–H and O–H groups in total. The molecule has 4 aliphatic carbocycles. The zero-order valence-electron chi connectivity index (χ0n) is 33.6. The predicted molar refractivity (Wildman–Crippen MR) is 209 cm³/mol. The Hall–Kier alpha value is -1.32. The molecule has 50 heavy (non-hydrogen) atoms. The summed E-state index contributed by atoms with van der Waals surface area (Å²) in [6, 6.07) is 0. The van der Waals surface area contributed by atoms with Crippen LogP contribution in [0.4, 0.5) is 0 Å². The van der Waals surface area contributed by atoms with E-state index in [-0.39, 0.29) is 18.0 Å². The maximum Gasteiger partial charge on any atom is 0.306 e. The van der Waals surface area contributed by atoms with Crippen molar-refractivity contribution < 1.29 is 19.1 Å². The van der Waals surface area contributed by atoms with Crippen LogP contribution in [0.15, 0.2) is 12.2 Å². The lowest BCUT2D eigenvalue weighted by Gasteiger charge is -2.61. The molecule has 4 nitrogen and oxygen atoms in total. The summed E-state index contributed by atoms with van der Waals surface area (Å²) >= 11 is 0. The normalized spacial score (nSPS) is 32.7. The minimum atomic E-state index is 0.0228. The highest BCUT2D eigenvalue weighted by Gasteiger charge is 2.60. The zero-order valence-corrected chi connectivity index (χ0v) is 33.6. The van der Waals surface area contributed by atoms with E-state index in [9.17, 15) is 9.59 Å². The van der Waals surface area contributed by atoms with E-state index in [0.29, 0.717) is 42.1 Å². The number of ether oxygens (including phenoxy) is 2. The number of esters is 2. The van der Waals surface area contributed by atoms with E-state index in [1.807, 2.05) is 0 Å². The van der Waals surface area contributed by atoms with Crippen LogP contribution in [0.1, 0.15) is 208 Å². The van der Waals surface area contributed by atoms with Crippen LogP contribution in [0.2, 0.25) is 0 Å². The Bertz CT molecular complexity index is 1020. The minimum Gasteiger partial charge on any atom is -0.466 e. The van der Waals surface area contributed by atoms with Crippen LogP contribution in [0.25, 0.3) is 0 Å². The smallest absolute Gasteiger partial charge is 0.306 e. The minimum absolute atomic E-state index is 0.0228. The van der Waals surface area contributed by atoms with Crippen molar-refractivity contribution in [2.24, 2.45) is 46.3 Å². The second kappa shape index (κ2) is 21.4.